The van der Waals surface area contributed by atoms with E-state index in [1.165, 1.54) is 12.1 Å². The summed E-state index contributed by atoms with van der Waals surface area (Å²) in [6.45, 7) is 3.81. The van der Waals surface area contributed by atoms with Gasteiger partial charge in [-0.2, -0.15) is 0 Å². The van der Waals surface area contributed by atoms with E-state index in [1.54, 1.807) is 0 Å². The Hall–Kier alpha value is -1.44. The van der Waals surface area contributed by atoms with E-state index in [0.29, 0.717) is 5.75 Å². The van der Waals surface area contributed by atoms with Gasteiger partial charge in [-0.1, -0.05) is 0 Å². The van der Waals surface area contributed by atoms with Crippen molar-refractivity contribution in [2.24, 2.45) is 0 Å². The molecule has 118 valence electrons. The Bertz CT molecular complexity index is 492. The number of hydrogen-bond donors (Lipinski definition) is 1. The lowest BCUT2D eigenvalue weighted by atomic mass is 10.3. The van der Waals surface area contributed by atoms with Gasteiger partial charge in [0.15, 0.2) is 0 Å². The minimum atomic E-state index is -4.75. The van der Waals surface area contributed by atoms with Crippen molar-refractivity contribution in [2.45, 2.75) is 32.7 Å². The molecule has 0 fully saturated rings. The van der Waals surface area contributed by atoms with Gasteiger partial charge in [-0.3, -0.25) is 4.79 Å². The number of hydrogen-bond acceptors (Lipinski definition) is 3. The fourth-order valence-electron chi connectivity index (χ4n) is 1.43. The first-order valence-corrected chi connectivity index (χ1v) is 6.94. The number of rotatable bonds is 6. The molecule has 0 aliphatic heterocycles. The van der Waals surface area contributed by atoms with Crippen LogP contribution in [0.5, 0.6) is 11.5 Å². The van der Waals surface area contributed by atoms with Crippen LogP contribution in [0.2, 0.25) is 0 Å². The monoisotopic (exact) mass is 369 g/mol. The molecule has 0 atom stereocenters. The Morgan fingerprint density at radius 2 is 2.05 bits per heavy atom. The number of ether oxygens (including phenoxy) is 2. The Balaban J connectivity index is 2.51. The fourth-order valence-corrected chi connectivity index (χ4v) is 1.87. The van der Waals surface area contributed by atoms with E-state index in [1.807, 2.05) is 13.8 Å². The van der Waals surface area contributed by atoms with Crippen molar-refractivity contribution in [1.29, 1.82) is 0 Å². The standard InChI is InChI=1S/C13H15BrF3NO3/c1-8(2)18-12(19)5-6-20-9-3-4-11(10(14)7-9)21-13(15,16)17/h3-4,7-8H,5-6H2,1-2H3,(H,18,19). The molecular weight excluding hydrogens is 355 g/mol. The Kier molecular flexibility index (Phi) is 6.32. The number of halogens is 4. The summed E-state index contributed by atoms with van der Waals surface area (Å²) in [5.74, 6) is -0.165. The van der Waals surface area contributed by atoms with Crippen LogP contribution in [0.15, 0.2) is 22.7 Å². The SMILES string of the molecule is CC(C)NC(=O)CCOc1ccc(OC(F)(F)F)c(Br)c1. The molecule has 4 nitrogen and oxygen atoms in total. The molecule has 1 aromatic rings. The van der Waals surface area contributed by atoms with Crippen LogP contribution in [0.3, 0.4) is 0 Å². The van der Waals surface area contributed by atoms with Crippen LogP contribution in [0, 0.1) is 0 Å². The lowest BCUT2D eigenvalue weighted by Crippen LogP contribution is -2.31. The number of amides is 1. The number of alkyl halides is 3. The maximum absolute atomic E-state index is 12.1. The van der Waals surface area contributed by atoms with Crippen molar-refractivity contribution >= 4 is 21.8 Å². The molecule has 0 aliphatic rings. The molecule has 1 aromatic carbocycles. The topological polar surface area (TPSA) is 47.6 Å². The van der Waals surface area contributed by atoms with Gasteiger partial charge in [0, 0.05) is 6.04 Å². The number of benzene rings is 1. The van der Waals surface area contributed by atoms with Gasteiger partial charge < -0.3 is 14.8 Å². The summed E-state index contributed by atoms with van der Waals surface area (Å²) in [6.07, 6.45) is -4.59. The molecule has 0 aromatic heterocycles. The summed E-state index contributed by atoms with van der Waals surface area (Å²) in [7, 11) is 0. The van der Waals surface area contributed by atoms with E-state index in [0.717, 1.165) is 6.07 Å². The van der Waals surface area contributed by atoms with Gasteiger partial charge in [0.1, 0.15) is 11.5 Å². The van der Waals surface area contributed by atoms with Gasteiger partial charge in [-0.25, -0.2) is 0 Å². The molecule has 21 heavy (non-hydrogen) atoms. The molecule has 0 aliphatic carbocycles. The smallest absolute Gasteiger partial charge is 0.493 e. The molecule has 0 saturated heterocycles. The lowest BCUT2D eigenvalue weighted by Gasteiger charge is -2.12. The van der Waals surface area contributed by atoms with Crippen LogP contribution in [0.1, 0.15) is 20.3 Å². The quantitative estimate of drug-likeness (QED) is 0.832. The Morgan fingerprint density at radius 1 is 1.38 bits per heavy atom. The van der Waals surface area contributed by atoms with Crippen molar-refractivity contribution in [3.05, 3.63) is 22.7 Å². The molecule has 1 N–H and O–H groups in total. The molecule has 8 heteroatoms. The van der Waals surface area contributed by atoms with E-state index in [4.69, 9.17) is 4.74 Å². The predicted octanol–water partition coefficient (Wildman–Crippen LogP) is 3.64. The van der Waals surface area contributed by atoms with Crippen LogP contribution < -0.4 is 14.8 Å². The minimum Gasteiger partial charge on any atom is -0.493 e. The Labute approximate surface area is 128 Å². The van der Waals surface area contributed by atoms with Crippen LogP contribution in [0.4, 0.5) is 13.2 Å². The molecule has 0 spiro atoms. The van der Waals surface area contributed by atoms with Crippen molar-refractivity contribution < 1.29 is 27.4 Å². The highest BCUT2D eigenvalue weighted by atomic mass is 79.9. The van der Waals surface area contributed by atoms with Gasteiger partial charge >= 0.3 is 6.36 Å². The first kappa shape index (κ1) is 17.6. The van der Waals surface area contributed by atoms with Crippen molar-refractivity contribution in [1.82, 2.24) is 5.32 Å². The molecule has 0 saturated carbocycles. The van der Waals surface area contributed by atoms with E-state index >= 15 is 0 Å². The second kappa shape index (κ2) is 7.53. The average Bonchev–Trinajstić information content (AvgIpc) is 2.30. The molecule has 0 heterocycles. The lowest BCUT2D eigenvalue weighted by molar-refractivity contribution is -0.274. The number of carbonyl (C=O) groups is 1. The molecule has 0 radical (unpaired) electrons. The zero-order valence-corrected chi connectivity index (χ0v) is 13.0. The summed E-state index contributed by atoms with van der Waals surface area (Å²) in [5, 5.41) is 2.70. The van der Waals surface area contributed by atoms with Crippen molar-refractivity contribution in [2.75, 3.05) is 6.61 Å². The second-order valence-corrected chi connectivity index (χ2v) is 5.32. The first-order chi connectivity index (χ1) is 9.67. The van der Waals surface area contributed by atoms with E-state index in [2.05, 4.69) is 26.0 Å². The summed E-state index contributed by atoms with van der Waals surface area (Å²) >= 11 is 2.97. The van der Waals surface area contributed by atoms with Crippen molar-refractivity contribution in [3.63, 3.8) is 0 Å². The van der Waals surface area contributed by atoms with Gasteiger partial charge in [-0.05, 0) is 48.0 Å². The number of carbonyl (C=O) groups excluding carboxylic acids is 1. The summed E-state index contributed by atoms with van der Waals surface area (Å²) in [5.41, 5.74) is 0. The zero-order chi connectivity index (χ0) is 16.0. The third-order valence-corrected chi connectivity index (χ3v) is 2.80. The van der Waals surface area contributed by atoms with Gasteiger partial charge in [0.25, 0.3) is 0 Å². The molecule has 1 rings (SSSR count). The maximum Gasteiger partial charge on any atom is 0.573 e. The van der Waals surface area contributed by atoms with Gasteiger partial charge in [0.2, 0.25) is 5.91 Å². The van der Waals surface area contributed by atoms with E-state index in [-0.39, 0.29) is 35.2 Å². The second-order valence-electron chi connectivity index (χ2n) is 4.46. The third kappa shape index (κ3) is 7.22. The largest absolute Gasteiger partial charge is 0.573 e. The predicted molar refractivity (Wildman–Crippen MR) is 74.2 cm³/mol. The minimum absolute atomic E-state index is 0.0467. The van der Waals surface area contributed by atoms with E-state index < -0.39 is 6.36 Å². The highest BCUT2D eigenvalue weighted by molar-refractivity contribution is 9.10. The van der Waals surface area contributed by atoms with Crippen LogP contribution in [0.25, 0.3) is 0 Å². The van der Waals surface area contributed by atoms with Gasteiger partial charge in [0.05, 0.1) is 17.5 Å². The first-order valence-electron chi connectivity index (χ1n) is 6.15. The summed E-state index contributed by atoms with van der Waals surface area (Å²) in [4.78, 5) is 11.4. The molecule has 0 bridgehead atoms. The molecule has 1 amide bonds. The zero-order valence-electron chi connectivity index (χ0n) is 11.5. The van der Waals surface area contributed by atoms with Crippen LogP contribution >= 0.6 is 15.9 Å². The highest BCUT2D eigenvalue weighted by Crippen LogP contribution is 2.33. The van der Waals surface area contributed by atoms with Crippen LogP contribution in [-0.2, 0) is 4.79 Å². The fraction of sp³-hybridized carbons (Fsp3) is 0.462. The Morgan fingerprint density at radius 3 is 2.57 bits per heavy atom. The summed E-state index contributed by atoms with van der Waals surface area (Å²) in [6, 6.07) is 3.87. The average molecular weight is 370 g/mol. The maximum atomic E-state index is 12.1. The van der Waals surface area contributed by atoms with Crippen molar-refractivity contribution in [3.8, 4) is 11.5 Å². The third-order valence-electron chi connectivity index (χ3n) is 2.18. The summed E-state index contributed by atoms with van der Waals surface area (Å²) < 4.78 is 45.5. The highest BCUT2D eigenvalue weighted by Gasteiger charge is 2.31. The molecule has 0 unspecified atom stereocenters. The van der Waals surface area contributed by atoms with Crippen LogP contribution in [-0.4, -0.2) is 24.9 Å². The van der Waals surface area contributed by atoms with Gasteiger partial charge in [-0.15, -0.1) is 13.2 Å². The van der Waals surface area contributed by atoms with E-state index in [9.17, 15) is 18.0 Å². The molecular formula is C13H15BrF3NO3. The normalized spacial score (nSPS) is 11.4. The number of nitrogens with one attached hydrogen (secondary N) is 1.